The van der Waals surface area contributed by atoms with Crippen molar-refractivity contribution in [1.82, 2.24) is 4.57 Å². The van der Waals surface area contributed by atoms with Crippen LogP contribution in [0.3, 0.4) is 0 Å². The van der Waals surface area contributed by atoms with Crippen LogP contribution in [0.25, 0.3) is 6.08 Å². The van der Waals surface area contributed by atoms with Gasteiger partial charge in [-0.25, -0.2) is 9.79 Å². The summed E-state index contributed by atoms with van der Waals surface area (Å²) in [5.41, 5.74) is 1.83. The van der Waals surface area contributed by atoms with Gasteiger partial charge in [0.1, 0.15) is 5.75 Å². The van der Waals surface area contributed by atoms with E-state index in [4.69, 9.17) is 9.47 Å². The van der Waals surface area contributed by atoms with Gasteiger partial charge >= 0.3 is 5.97 Å². The quantitative estimate of drug-likeness (QED) is 0.275. The summed E-state index contributed by atoms with van der Waals surface area (Å²) in [6.07, 6.45) is 1.75. The molecule has 1 atom stereocenters. The predicted octanol–water partition coefficient (Wildman–Crippen LogP) is 3.41. The van der Waals surface area contributed by atoms with E-state index in [2.05, 4.69) is 4.99 Å². The van der Waals surface area contributed by atoms with Gasteiger partial charge in [-0.15, -0.1) is 0 Å². The van der Waals surface area contributed by atoms with Crippen molar-refractivity contribution in [2.45, 2.75) is 33.7 Å². The van der Waals surface area contributed by atoms with Crippen molar-refractivity contribution in [3.05, 3.63) is 100 Å². The molecule has 0 amide bonds. The molecule has 0 saturated carbocycles. The normalized spacial score (nSPS) is 15.3. The maximum atomic E-state index is 13.6. The highest BCUT2D eigenvalue weighted by atomic mass is 32.1. The van der Waals surface area contributed by atoms with E-state index in [0.29, 0.717) is 32.8 Å². The van der Waals surface area contributed by atoms with E-state index in [-0.39, 0.29) is 23.4 Å². The Bertz CT molecular complexity index is 1550. The van der Waals surface area contributed by atoms with Crippen LogP contribution in [0.1, 0.15) is 43.5 Å². The van der Waals surface area contributed by atoms with E-state index < -0.39 is 16.9 Å². The van der Waals surface area contributed by atoms with Crippen molar-refractivity contribution < 1.29 is 19.2 Å². The van der Waals surface area contributed by atoms with Gasteiger partial charge in [0.15, 0.2) is 4.80 Å². The second-order valence-corrected chi connectivity index (χ2v) is 9.12. The highest BCUT2D eigenvalue weighted by molar-refractivity contribution is 7.07. The molecular formula is C26H25N3O6S. The summed E-state index contributed by atoms with van der Waals surface area (Å²) in [6, 6.07) is 11.1. The summed E-state index contributed by atoms with van der Waals surface area (Å²) in [7, 11) is 0. The van der Waals surface area contributed by atoms with Crippen molar-refractivity contribution in [1.29, 1.82) is 0 Å². The first kappa shape index (κ1) is 25.1. The Morgan fingerprint density at radius 2 is 1.89 bits per heavy atom. The van der Waals surface area contributed by atoms with E-state index in [1.165, 1.54) is 22.0 Å². The van der Waals surface area contributed by atoms with E-state index in [9.17, 15) is 19.7 Å². The minimum absolute atomic E-state index is 0.0955. The van der Waals surface area contributed by atoms with Crippen LogP contribution < -0.4 is 19.6 Å². The summed E-state index contributed by atoms with van der Waals surface area (Å²) in [6.45, 7) is 7.59. The van der Waals surface area contributed by atoms with Gasteiger partial charge in [0.05, 0.1) is 40.0 Å². The molecule has 36 heavy (non-hydrogen) atoms. The number of thiazole rings is 1. The zero-order valence-corrected chi connectivity index (χ0v) is 21.1. The van der Waals surface area contributed by atoms with E-state index >= 15 is 0 Å². The molecule has 0 unspecified atom stereocenters. The SMILES string of the molecule is CCOC(=O)C1=C(C)N=c2s/c(=C/c3ccc(OCC)cc3)c(=O)n2[C@@H]1c1ccc(C)c([N+](=O)[O-])c1. The van der Waals surface area contributed by atoms with Gasteiger partial charge in [0.2, 0.25) is 0 Å². The minimum Gasteiger partial charge on any atom is -0.494 e. The number of allylic oxidation sites excluding steroid dienone is 1. The van der Waals surface area contributed by atoms with Gasteiger partial charge in [0, 0.05) is 11.6 Å². The maximum absolute atomic E-state index is 13.6. The van der Waals surface area contributed by atoms with Gasteiger partial charge < -0.3 is 9.47 Å². The molecule has 2 aromatic carbocycles. The summed E-state index contributed by atoms with van der Waals surface area (Å²) in [5.74, 6) is 0.111. The summed E-state index contributed by atoms with van der Waals surface area (Å²) < 4.78 is 12.6. The molecule has 0 spiro atoms. The molecule has 0 fully saturated rings. The van der Waals surface area contributed by atoms with Crippen LogP contribution in [0.4, 0.5) is 5.69 Å². The smallest absolute Gasteiger partial charge is 0.338 e. The molecule has 0 N–H and O–H groups in total. The Labute approximate surface area is 210 Å². The first-order valence-corrected chi connectivity index (χ1v) is 12.2. The Balaban J connectivity index is 1.92. The monoisotopic (exact) mass is 507 g/mol. The fourth-order valence-electron chi connectivity index (χ4n) is 4.08. The van der Waals surface area contributed by atoms with Crippen molar-refractivity contribution in [3.8, 4) is 5.75 Å². The third-order valence-corrected chi connectivity index (χ3v) is 6.73. The molecule has 1 aliphatic heterocycles. The standard InChI is InChI=1S/C26H25N3O6S/c1-5-34-19-11-8-17(9-12-19)13-21-24(30)28-23(18-10-7-15(3)20(14-18)29(32)33)22(25(31)35-6-2)16(4)27-26(28)36-21/h7-14,23H,5-6H2,1-4H3/b21-13+/t23-/m1/s1. The van der Waals surface area contributed by atoms with Crippen LogP contribution in [0.5, 0.6) is 5.75 Å². The van der Waals surface area contributed by atoms with Gasteiger partial charge in [-0.1, -0.05) is 35.6 Å². The number of aryl methyl sites for hydroxylation is 1. The largest absolute Gasteiger partial charge is 0.494 e. The number of ether oxygens (including phenoxy) is 2. The van der Waals surface area contributed by atoms with Crippen LogP contribution in [0.15, 0.2) is 63.5 Å². The average molecular weight is 508 g/mol. The van der Waals surface area contributed by atoms with Gasteiger partial charge in [-0.2, -0.15) is 0 Å². The third kappa shape index (κ3) is 4.72. The van der Waals surface area contributed by atoms with Crippen LogP contribution >= 0.6 is 11.3 Å². The summed E-state index contributed by atoms with van der Waals surface area (Å²) in [5, 5.41) is 11.6. The lowest BCUT2D eigenvalue weighted by atomic mass is 9.94. The zero-order valence-electron chi connectivity index (χ0n) is 20.3. The Morgan fingerprint density at radius 1 is 1.17 bits per heavy atom. The van der Waals surface area contributed by atoms with Crippen LogP contribution in [0, 0.1) is 17.0 Å². The number of nitro groups is 1. The second kappa shape index (κ2) is 10.3. The Morgan fingerprint density at radius 3 is 2.53 bits per heavy atom. The summed E-state index contributed by atoms with van der Waals surface area (Å²) >= 11 is 1.19. The fourth-order valence-corrected chi connectivity index (χ4v) is 5.13. The molecular weight excluding hydrogens is 482 g/mol. The number of nitrogens with zero attached hydrogens (tertiary/aromatic N) is 3. The van der Waals surface area contributed by atoms with E-state index in [1.807, 2.05) is 31.2 Å². The number of esters is 1. The van der Waals surface area contributed by atoms with Crippen LogP contribution in [-0.2, 0) is 9.53 Å². The van der Waals surface area contributed by atoms with E-state index in [1.54, 1.807) is 39.0 Å². The van der Waals surface area contributed by atoms with Gasteiger partial charge in [-0.05, 0) is 57.0 Å². The van der Waals surface area contributed by atoms with Gasteiger partial charge in [0.25, 0.3) is 11.2 Å². The predicted molar refractivity (Wildman–Crippen MR) is 136 cm³/mol. The number of benzene rings is 2. The fraction of sp³-hybridized carbons (Fsp3) is 0.269. The highest BCUT2D eigenvalue weighted by Crippen LogP contribution is 2.33. The molecule has 1 aromatic heterocycles. The van der Waals surface area contributed by atoms with Crippen molar-refractivity contribution in [2.24, 2.45) is 4.99 Å². The number of hydrogen-bond donors (Lipinski definition) is 0. The first-order chi connectivity index (χ1) is 17.2. The van der Waals surface area contributed by atoms with Gasteiger partial charge in [-0.3, -0.25) is 19.5 Å². The molecule has 1 aliphatic rings. The summed E-state index contributed by atoms with van der Waals surface area (Å²) in [4.78, 5) is 42.7. The first-order valence-electron chi connectivity index (χ1n) is 11.4. The number of nitro benzene ring substituents is 1. The molecule has 10 heteroatoms. The van der Waals surface area contributed by atoms with Crippen molar-refractivity contribution >= 4 is 29.1 Å². The van der Waals surface area contributed by atoms with Crippen LogP contribution in [-0.4, -0.2) is 28.7 Å². The minimum atomic E-state index is -0.915. The lowest BCUT2D eigenvalue weighted by Gasteiger charge is -2.24. The highest BCUT2D eigenvalue weighted by Gasteiger charge is 2.34. The number of carbonyl (C=O) groups is 1. The number of hydrogen-bond acceptors (Lipinski definition) is 8. The molecule has 3 aromatic rings. The number of carbonyl (C=O) groups excluding carboxylic acids is 1. The van der Waals surface area contributed by atoms with Crippen molar-refractivity contribution in [3.63, 3.8) is 0 Å². The number of rotatable bonds is 7. The molecule has 0 saturated heterocycles. The second-order valence-electron chi connectivity index (χ2n) is 8.11. The number of aromatic nitrogens is 1. The van der Waals surface area contributed by atoms with Crippen molar-refractivity contribution in [2.75, 3.05) is 13.2 Å². The molecule has 4 rings (SSSR count). The van der Waals surface area contributed by atoms with Crippen LogP contribution in [0.2, 0.25) is 0 Å². The zero-order chi connectivity index (χ0) is 26.0. The molecule has 0 aliphatic carbocycles. The molecule has 2 heterocycles. The Kier molecular flexibility index (Phi) is 7.16. The number of fused-ring (bicyclic) bond motifs is 1. The Hall–Kier alpha value is -4.05. The molecule has 0 radical (unpaired) electrons. The topological polar surface area (TPSA) is 113 Å². The maximum Gasteiger partial charge on any atom is 0.338 e. The van der Waals surface area contributed by atoms with E-state index in [0.717, 1.165) is 11.3 Å². The third-order valence-electron chi connectivity index (χ3n) is 5.75. The lowest BCUT2D eigenvalue weighted by Crippen LogP contribution is -2.40. The lowest BCUT2D eigenvalue weighted by molar-refractivity contribution is -0.385. The molecule has 9 nitrogen and oxygen atoms in total. The average Bonchev–Trinajstić information content (AvgIpc) is 3.14. The molecule has 186 valence electrons. The molecule has 0 bridgehead atoms.